The monoisotopic (exact) mass is 248 g/mol. The molecule has 0 aromatic heterocycles. The first-order chi connectivity index (χ1) is 7.39. The van der Waals surface area contributed by atoms with Gasteiger partial charge in [-0.3, -0.25) is 9.05 Å². The SMILES string of the molecule is [B][C@@H]1O[C@H](COC(C)C)[C@@H]2OP(=O)(O)O[C@@H]21. The van der Waals surface area contributed by atoms with E-state index in [1.807, 2.05) is 13.8 Å². The summed E-state index contributed by atoms with van der Waals surface area (Å²) in [5, 5.41) is 0. The molecule has 0 amide bonds. The Labute approximate surface area is 95.2 Å². The average molecular weight is 248 g/mol. The van der Waals surface area contributed by atoms with Crippen LogP contribution in [0, 0.1) is 0 Å². The Morgan fingerprint density at radius 3 is 2.69 bits per heavy atom. The molecular formula is C8H14BO6P. The summed E-state index contributed by atoms with van der Waals surface area (Å²) in [5.41, 5.74) is 0. The fourth-order valence-corrected chi connectivity index (χ4v) is 2.92. The maximum absolute atomic E-state index is 11.2. The molecule has 2 radical (unpaired) electrons. The molecule has 16 heavy (non-hydrogen) atoms. The number of fused-ring (bicyclic) bond motifs is 1. The third kappa shape index (κ3) is 2.50. The van der Waals surface area contributed by atoms with Crippen LogP contribution in [0.4, 0.5) is 0 Å². The average Bonchev–Trinajstić information content (AvgIpc) is 2.59. The highest BCUT2D eigenvalue weighted by Gasteiger charge is 2.55. The molecule has 2 fully saturated rings. The summed E-state index contributed by atoms with van der Waals surface area (Å²) in [4.78, 5) is 9.17. The molecule has 2 aliphatic heterocycles. The lowest BCUT2D eigenvalue weighted by atomic mass is 9.93. The highest BCUT2D eigenvalue weighted by molar-refractivity contribution is 7.47. The summed E-state index contributed by atoms with van der Waals surface area (Å²) >= 11 is 0. The molecule has 1 unspecified atom stereocenters. The van der Waals surface area contributed by atoms with Crippen LogP contribution in [0.3, 0.4) is 0 Å². The molecule has 0 spiro atoms. The van der Waals surface area contributed by atoms with Gasteiger partial charge in [0.25, 0.3) is 0 Å². The van der Waals surface area contributed by atoms with Gasteiger partial charge in [0.05, 0.1) is 12.7 Å². The summed E-state index contributed by atoms with van der Waals surface area (Å²) in [6.07, 6.45) is -1.76. The van der Waals surface area contributed by atoms with E-state index in [1.165, 1.54) is 0 Å². The minimum Gasteiger partial charge on any atom is -0.377 e. The van der Waals surface area contributed by atoms with Crippen molar-refractivity contribution in [2.45, 2.75) is 44.3 Å². The fraction of sp³-hybridized carbons (Fsp3) is 1.00. The van der Waals surface area contributed by atoms with Gasteiger partial charge in [0.15, 0.2) is 0 Å². The van der Waals surface area contributed by atoms with Crippen molar-refractivity contribution in [3.63, 3.8) is 0 Å². The Bertz CT molecular complexity index is 311. The lowest BCUT2D eigenvalue weighted by Gasteiger charge is -2.18. The maximum Gasteiger partial charge on any atom is 0.473 e. The van der Waals surface area contributed by atoms with Gasteiger partial charge in [-0.15, -0.1) is 0 Å². The molecule has 8 heteroatoms. The Kier molecular flexibility index (Phi) is 3.45. The number of hydrogen-bond donors (Lipinski definition) is 1. The Balaban J connectivity index is 1.99. The quantitative estimate of drug-likeness (QED) is 0.567. The van der Waals surface area contributed by atoms with Crippen LogP contribution < -0.4 is 0 Å². The number of phosphoric ester groups is 1. The van der Waals surface area contributed by atoms with Gasteiger partial charge in [-0.2, -0.15) is 0 Å². The zero-order valence-corrected chi connectivity index (χ0v) is 10.0. The molecule has 2 heterocycles. The molecule has 2 rings (SSSR count). The first-order valence-electron chi connectivity index (χ1n) is 5.11. The zero-order chi connectivity index (χ0) is 11.9. The van der Waals surface area contributed by atoms with E-state index in [1.54, 1.807) is 0 Å². The van der Waals surface area contributed by atoms with E-state index in [0.717, 1.165) is 0 Å². The van der Waals surface area contributed by atoms with E-state index >= 15 is 0 Å². The van der Waals surface area contributed by atoms with E-state index in [-0.39, 0.29) is 12.7 Å². The number of rotatable bonds is 3. The number of ether oxygens (including phenoxy) is 2. The molecular weight excluding hydrogens is 234 g/mol. The van der Waals surface area contributed by atoms with E-state index in [4.69, 9.17) is 26.4 Å². The van der Waals surface area contributed by atoms with Crippen molar-refractivity contribution in [2.24, 2.45) is 0 Å². The van der Waals surface area contributed by atoms with Crippen molar-refractivity contribution in [3.8, 4) is 0 Å². The normalized spacial score (nSPS) is 47.5. The second-order valence-electron chi connectivity index (χ2n) is 4.13. The summed E-state index contributed by atoms with van der Waals surface area (Å²) in [5.74, 6) is 0. The molecule has 90 valence electrons. The maximum atomic E-state index is 11.2. The van der Waals surface area contributed by atoms with Gasteiger partial charge < -0.3 is 14.4 Å². The van der Waals surface area contributed by atoms with Gasteiger partial charge in [-0.05, 0) is 13.8 Å². The minimum absolute atomic E-state index is 0.0436. The first-order valence-corrected chi connectivity index (χ1v) is 6.61. The largest absolute Gasteiger partial charge is 0.473 e. The molecule has 0 aliphatic carbocycles. The van der Waals surface area contributed by atoms with Gasteiger partial charge >= 0.3 is 7.82 Å². The van der Waals surface area contributed by atoms with Gasteiger partial charge in [0, 0.05) is 6.00 Å². The molecule has 6 nitrogen and oxygen atoms in total. The number of phosphoric acid groups is 1. The Morgan fingerprint density at radius 1 is 1.44 bits per heavy atom. The highest BCUT2D eigenvalue weighted by atomic mass is 31.2. The van der Waals surface area contributed by atoms with Crippen LogP contribution in [0.5, 0.6) is 0 Å². The lowest BCUT2D eigenvalue weighted by molar-refractivity contribution is -0.0443. The van der Waals surface area contributed by atoms with E-state index in [2.05, 4.69) is 0 Å². The fourth-order valence-electron chi connectivity index (χ4n) is 1.76. The van der Waals surface area contributed by atoms with Crippen molar-refractivity contribution in [1.29, 1.82) is 0 Å². The van der Waals surface area contributed by atoms with Gasteiger partial charge in [0.2, 0.25) is 0 Å². The van der Waals surface area contributed by atoms with Gasteiger partial charge in [-0.25, -0.2) is 4.57 Å². The van der Waals surface area contributed by atoms with Crippen LogP contribution >= 0.6 is 7.82 Å². The smallest absolute Gasteiger partial charge is 0.377 e. The highest BCUT2D eigenvalue weighted by Crippen LogP contribution is 2.56. The van der Waals surface area contributed by atoms with Crippen LogP contribution in [0.2, 0.25) is 0 Å². The van der Waals surface area contributed by atoms with Crippen molar-refractivity contribution in [2.75, 3.05) is 6.61 Å². The van der Waals surface area contributed by atoms with E-state index in [0.29, 0.717) is 0 Å². The van der Waals surface area contributed by atoms with Gasteiger partial charge in [0.1, 0.15) is 26.2 Å². The standard InChI is InChI=1S/C8H14BO6P/c1-4(2)12-3-5-6-7(8(9)13-5)15-16(10,11)14-6/h4-8H,3H2,1-2H3,(H,10,11)/t5-,6+,7+,8-/m1/s1. The Hall–Kier alpha value is 0.0949. The van der Waals surface area contributed by atoms with Gasteiger partial charge in [-0.1, -0.05) is 0 Å². The molecule has 2 aliphatic rings. The zero-order valence-electron chi connectivity index (χ0n) is 9.11. The Morgan fingerprint density at radius 2 is 2.06 bits per heavy atom. The summed E-state index contributed by atoms with van der Waals surface area (Å²) < 4.78 is 31.6. The predicted octanol–water partition coefficient (Wildman–Crippen LogP) is 0.189. The molecule has 0 aromatic rings. The van der Waals surface area contributed by atoms with Crippen molar-refractivity contribution in [3.05, 3.63) is 0 Å². The summed E-state index contributed by atoms with van der Waals surface area (Å²) in [6, 6.07) is -0.756. The summed E-state index contributed by atoms with van der Waals surface area (Å²) in [6.45, 7) is 4.03. The van der Waals surface area contributed by atoms with Crippen LogP contribution in [0.1, 0.15) is 13.8 Å². The summed E-state index contributed by atoms with van der Waals surface area (Å²) in [7, 11) is 1.66. The lowest BCUT2D eigenvalue weighted by Crippen LogP contribution is -2.32. The van der Waals surface area contributed by atoms with Crippen molar-refractivity contribution in [1.82, 2.24) is 0 Å². The first kappa shape index (κ1) is 12.5. The van der Waals surface area contributed by atoms with Crippen LogP contribution in [-0.2, 0) is 23.1 Å². The third-order valence-corrected chi connectivity index (χ3v) is 3.47. The second kappa shape index (κ2) is 4.40. The second-order valence-corrected chi connectivity index (χ2v) is 5.49. The third-order valence-electron chi connectivity index (χ3n) is 2.45. The minimum atomic E-state index is -3.96. The van der Waals surface area contributed by atoms with Crippen LogP contribution in [0.25, 0.3) is 0 Å². The predicted molar refractivity (Wildman–Crippen MR) is 55.1 cm³/mol. The number of hydrogen-bond acceptors (Lipinski definition) is 5. The molecule has 0 saturated carbocycles. The van der Waals surface area contributed by atoms with Crippen LogP contribution in [-0.4, -0.2) is 49.8 Å². The molecule has 5 atom stereocenters. The van der Waals surface area contributed by atoms with E-state index < -0.39 is 32.1 Å². The molecule has 0 aromatic carbocycles. The topological polar surface area (TPSA) is 74.2 Å². The molecule has 2 saturated heterocycles. The molecule has 0 bridgehead atoms. The van der Waals surface area contributed by atoms with E-state index in [9.17, 15) is 9.46 Å². The molecule has 1 N–H and O–H groups in total. The van der Waals surface area contributed by atoms with Crippen LogP contribution in [0.15, 0.2) is 0 Å². The van der Waals surface area contributed by atoms with Crippen molar-refractivity contribution < 1.29 is 28.0 Å². The van der Waals surface area contributed by atoms with Crippen molar-refractivity contribution >= 4 is 15.7 Å².